The molecule has 0 aliphatic heterocycles. The Balaban J connectivity index is 1.51. The van der Waals surface area contributed by atoms with Crippen LogP contribution in [0.15, 0.2) is 65.8 Å². The molecule has 3 heterocycles. The summed E-state index contributed by atoms with van der Waals surface area (Å²) in [5.41, 5.74) is 3.84. The zero-order valence-corrected chi connectivity index (χ0v) is 18.8. The van der Waals surface area contributed by atoms with Crippen LogP contribution in [0.4, 0.5) is 0 Å². The second kappa shape index (κ2) is 9.30. The van der Waals surface area contributed by atoms with Gasteiger partial charge in [0.1, 0.15) is 5.65 Å². The fourth-order valence-electron chi connectivity index (χ4n) is 3.85. The molecule has 32 heavy (non-hydrogen) atoms. The van der Waals surface area contributed by atoms with Crippen LogP contribution in [0.1, 0.15) is 54.1 Å². The summed E-state index contributed by atoms with van der Waals surface area (Å²) >= 11 is 0. The van der Waals surface area contributed by atoms with Crippen molar-refractivity contribution in [2.24, 2.45) is 0 Å². The molecule has 1 aromatic carbocycles. The maximum absolute atomic E-state index is 13.1. The minimum atomic E-state index is -0.152. The molecule has 0 spiro atoms. The third-order valence-electron chi connectivity index (χ3n) is 5.82. The zero-order valence-electron chi connectivity index (χ0n) is 18.8. The molecule has 1 amide bonds. The van der Waals surface area contributed by atoms with E-state index in [-0.39, 0.29) is 11.5 Å². The second-order valence-corrected chi connectivity index (χ2v) is 8.54. The highest BCUT2D eigenvalue weighted by molar-refractivity contribution is 5.94. The summed E-state index contributed by atoms with van der Waals surface area (Å²) < 4.78 is 1.48. The third kappa shape index (κ3) is 4.54. The Hall–Kier alpha value is -3.54. The molecular weight excluding hydrogens is 400 g/mol. The van der Waals surface area contributed by atoms with Crippen LogP contribution in [0.3, 0.4) is 0 Å². The van der Waals surface area contributed by atoms with Crippen molar-refractivity contribution in [2.45, 2.75) is 39.0 Å². The van der Waals surface area contributed by atoms with Gasteiger partial charge in [0.2, 0.25) is 0 Å². The topological polar surface area (TPSA) is 67.6 Å². The molecule has 4 aromatic rings. The van der Waals surface area contributed by atoms with E-state index in [9.17, 15) is 9.59 Å². The minimum absolute atomic E-state index is 0.101. The van der Waals surface area contributed by atoms with E-state index in [1.807, 2.05) is 30.5 Å². The largest absolute Gasteiger partial charge is 0.342 e. The molecule has 0 bridgehead atoms. The lowest BCUT2D eigenvalue weighted by Gasteiger charge is -2.17. The number of benzene rings is 1. The van der Waals surface area contributed by atoms with Gasteiger partial charge in [-0.05, 0) is 66.6 Å². The Morgan fingerprint density at radius 2 is 1.97 bits per heavy atom. The summed E-state index contributed by atoms with van der Waals surface area (Å²) in [6, 6.07) is 13.3. The SMILES string of the molecule is CC(C)c1ccc2nc3ccc(C(=O)N(C)CCCCc4cccnc4)cn3c(=O)c2c1. The van der Waals surface area contributed by atoms with Gasteiger partial charge in [-0.3, -0.25) is 19.0 Å². The lowest BCUT2D eigenvalue weighted by Crippen LogP contribution is -2.28. The van der Waals surface area contributed by atoms with Gasteiger partial charge in [-0.2, -0.15) is 0 Å². The molecule has 0 aliphatic carbocycles. The average Bonchev–Trinajstić information content (AvgIpc) is 2.81. The fourth-order valence-corrected chi connectivity index (χ4v) is 3.85. The standard InChI is InChI=1S/C26H28N4O2/c1-18(2)20-9-11-23-22(15-20)26(32)30-17-21(10-12-24(30)28-23)25(31)29(3)14-5-4-7-19-8-6-13-27-16-19/h6,8-13,15-18H,4-5,7,14H2,1-3H3. The first-order valence-electron chi connectivity index (χ1n) is 11.0. The van der Waals surface area contributed by atoms with Gasteiger partial charge in [-0.1, -0.05) is 26.0 Å². The van der Waals surface area contributed by atoms with Crippen molar-refractivity contribution < 1.29 is 4.79 Å². The molecule has 164 valence electrons. The maximum atomic E-state index is 13.1. The van der Waals surface area contributed by atoms with E-state index in [0.717, 1.165) is 24.8 Å². The van der Waals surface area contributed by atoms with Gasteiger partial charge >= 0.3 is 0 Å². The van der Waals surface area contributed by atoms with Crippen molar-refractivity contribution >= 4 is 22.5 Å². The Morgan fingerprint density at radius 1 is 1.12 bits per heavy atom. The van der Waals surface area contributed by atoms with Crippen molar-refractivity contribution in [1.82, 2.24) is 19.3 Å². The third-order valence-corrected chi connectivity index (χ3v) is 5.82. The van der Waals surface area contributed by atoms with Gasteiger partial charge in [0.15, 0.2) is 0 Å². The smallest absolute Gasteiger partial charge is 0.265 e. The highest BCUT2D eigenvalue weighted by atomic mass is 16.2. The van der Waals surface area contributed by atoms with Crippen molar-refractivity contribution in [1.29, 1.82) is 0 Å². The number of carbonyl (C=O) groups excluding carboxylic acids is 1. The van der Waals surface area contributed by atoms with E-state index in [0.29, 0.717) is 34.6 Å². The number of aromatic nitrogens is 3. The quantitative estimate of drug-likeness (QED) is 0.322. The molecule has 3 aromatic heterocycles. The number of aryl methyl sites for hydroxylation is 1. The van der Waals surface area contributed by atoms with E-state index >= 15 is 0 Å². The number of hydrogen-bond donors (Lipinski definition) is 0. The fraction of sp³-hybridized carbons (Fsp3) is 0.308. The number of pyridine rings is 2. The minimum Gasteiger partial charge on any atom is -0.342 e. The first-order valence-corrected chi connectivity index (χ1v) is 11.0. The number of amides is 1. The zero-order chi connectivity index (χ0) is 22.7. The average molecular weight is 429 g/mol. The van der Waals surface area contributed by atoms with Crippen LogP contribution in [0.25, 0.3) is 16.6 Å². The molecule has 0 atom stereocenters. The number of nitrogens with zero attached hydrogens (tertiary/aromatic N) is 4. The van der Waals surface area contributed by atoms with Gasteiger partial charge in [0.25, 0.3) is 11.5 Å². The van der Waals surface area contributed by atoms with Crippen LogP contribution in [0.5, 0.6) is 0 Å². The van der Waals surface area contributed by atoms with E-state index < -0.39 is 0 Å². The molecule has 0 saturated carbocycles. The van der Waals surface area contributed by atoms with Crippen molar-refractivity contribution in [2.75, 3.05) is 13.6 Å². The molecule has 6 nitrogen and oxygen atoms in total. The summed E-state index contributed by atoms with van der Waals surface area (Å²) in [5, 5.41) is 0.571. The van der Waals surface area contributed by atoms with Crippen molar-refractivity contribution in [3.05, 3.63) is 88.1 Å². The van der Waals surface area contributed by atoms with E-state index in [1.165, 1.54) is 9.96 Å². The second-order valence-electron chi connectivity index (χ2n) is 8.54. The van der Waals surface area contributed by atoms with Crippen LogP contribution >= 0.6 is 0 Å². The first-order chi connectivity index (χ1) is 15.4. The Bertz CT molecular complexity index is 1310. The molecular formula is C26H28N4O2. The van der Waals surface area contributed by atoms with Crippen LogP contribution in [0.2, 0.25) is 0 Å². The summed E-state index contributed by atoms with van der Waals surface area (Å²) in [6.45, 7) is 4.84. The van der Waals surface area contributed by atoms with Crippen LogP contribution in [0, 0.1) is 0 Å². The molecule has 0 saturated heterocycles. The molecule has 4 rings (SSSR count). The Kier molecular flexibility index (Phi) is 6.30. The number of unbranched alkanes of at least 4 members (excludes halogenated alkanes) is 1. The Morgan fingerprint density at radius 3 is 2.72 bits per heavy atom. The first kappa shape index (κ1) is 21.7. The predicted octanol–water partition coefficient (Wildman–Crippen LogP) is 4.46. The number of carbonyl (C=O) groups is 1. The number of hydrogen-bond acceptors (Lipinski definition) is 4. The maximum Gasteiger partial charge on any atom is 0.265 e. The normalized spacial score (nSPS) is 11.4. The summed E-state index contributed by atoms with van der Waals surface area (Å²) in [7, 11) is 1.80. The van der Waals surface area contributed by atoms with Crippen LogP contribution < -0.4 is 5.56 Å². The van der Waals surface area contributed by atoms with E-state index in [2.05, 4.69) is 29.9 Å². The lowest BCUT2D eigenvalue weighted by molar-refractivity contribution is 0.0792. The predicted molar refractivity (Wildman–Crippen MR) is 127 cm³/mol. The molecule has 0 N–H and O–H groups in total. The molecule has 0 radical (unpaired) electrons. The summed E-state index contributed by atoms with van der Waals surface area (Å²) in [6.07, 6.45) is 8.08. The van der Waals surface area contributed by atoms with Gasteiger partial charge in [-0.25, -0.2) is 4.98 Å². The highest BCUT2D eigenvalue weighted by Crippen LogP contribution is 2.19. The molecule has 0 aliphatic rings. The lowest BCUT2D eigenvalue weighted by atomic mass is 10.0. The monoisotopic (exact) mass is 428 g/mol. The number of fused-ring (bicyclic) bond motifs is 2. The molecule has 6 heteroatoms. The van der Waals surface area contributed by atoms with Gasteiger partial charge in [0, 0.05) is 32.2 Å². The molecule has 0 fully saturated rings. The summed E-state index contributed by atoms with van der Waals surface area (Å²) in [4.78, 5) is 36.5. The highest BCUT2D eigenvalue weighted by Gasteiger charge is 2.14. The van der Waals surface area contributed by atoms with Gasteiger partial charge in [-0.15, -0.1) is 0 Å². The van der Waals surface area contributed by atoms with Crippen molar-refractivity contribution in [3.8, 4) is 0 Å². The van der Waals surface area contributed by atoms with Gasteiger partial charge < -0.3 is 4.90 Å². The van der Waals surface area contributed by atoms with Crippen molar-refractivity contribution in [3.63, 3.8) is 0 Å². The van der Waals surface area contributed by atoms with Gasteiger partial charge in [0.05, 0.1) is 16.5 Å². The number of rotatable bonds is 7. The van der Waals surface area contributed by atoms with E-state index in [1.54, 1.807) is 36.5 Å². The molecule has 0 unspecified atom stereocenters. The van der Waals surface area contributed by atoms with Crippen LogP contribution in [-0.2, 0) is 6.42 Å². The van der Waals surface area contributed by atoms with E-state index in [4.69, 9.17) is 0 Å². The van der Waals surface area contributed by atoms with Crippen LogP contribution in [-0.4, -0.2) is 38.8 Å². The Labute approximate surface area is 187 Å². The summed E-state index contributed by atoms with van der Waals surface area (Å²) in [5.74, 6) is 0.218.